The molecule has 0 bridgehead atoms. The fourth-order valence-electron chi connectivity index (χ4n) is 6.42. The third-order valence-electron chi connectivity index (χ3n) is 9.07. The molecule has 3 aromatic rings. The van der Waals surface area contributed by atoms with E-state index >= 15 is 0 Å². The summed E-state index contributed by atoms with van der Waals surface area (Å²) in [5.41, 5.74) is 9.51. The number of nitrogens with one attached hydrogen (secondary N) is 1. The van der Waals surface area contributed by atoms with Crippen molar-refractivity contribution in [3.05, 3.63) is 135 Å². The predicted molar refractivity (Wildman–Crippen MR) is 229 cm³/mol. The van der Waals surface area contributed by atoms with Gasteiger partial charge in [-0.25, -0.2) is 0 Å². The average molecular weight is 847 g/mol. The zero-order valence-electron chi connectivity index (χ0n) is 31.4. The van der Waals surface area contributed by atoms with Crippen molar-refractivity contribution in [2.75, 3.05) is 6.54 Å². The van der Waals surface area contributed by atoms with Crippen molar-refractivity contribution in [1.82, 2.24) is 5.32 Å². The molecule has 2 N–H and O–H groups in total. The van der Waals surface area contributed by atoms with E-state index in [-0.39, 0.29) is 23.5 Å². The van der Waals surface area contributed by atoms with E-state index in [9.17, 15) is 14.7 Å². The Hall–Kier alpha value is -3.96. The summed E-state index contributed by atoms with van der Waals surface area (Å²) in [6.07, 6.45) is 22.4. The topological polar surface area (TPSA) is 124 Å². The van der Waals surface area contributed by atoms with Gasteiger partial charge in [0.25, 0.3) is 14.2 Å². The highest BCUT2D eigenvalue weighted by molar-refractivity contribution is 14.1. The molecule has 53 heavy (non-hydrogen) atoms. The van der Waals surface area contributed by atoms with E-state index in [0.29, 0.717) is 30.6 Å². The standard InChI is InChI=1S/C43H55IN4O4Si/c1-43(2,3)53(37-26-18-15-19-27-37,38-28-20-16-21-29-38)52-36(25-23-30-41(49)50)24-17-13-11-9-7-5-4-6-8-10-12-14-22-33-46-42(51)39-34-35(44)31-32-40(39)47-48-45/h5,7,11,13,15-21,24,26-29,31-32,34,36H,4,6,8-10,12,14,22-23,25,30,33H2,1-3H3,(H,46,51)(H,49,50)/b7-5-,13-11-,24-17+/t36-/m1/s1. The average Bonchev–Trinajstić information content (AvgIpc) is 3.14. The number of carbonyl (C=O) groups excluding carboxylic acids is 1. The maximum Gasteiger partial charge on any atom is 0.303 e. The molecular formula is C43H55IN4O4Si. The quantitative estimate of drug-likeness (QED) is 0.0144. The second kappa shape index (κ2) is 23.6. The number of hydrogen-bond donors (Lipinski definition) is 2. The van der Waals surface area contributed by atoms with Gasteiger partial charge in [0, 0.05) is 27.0 Å². The van der Waals surface area contributed by atoms with Crippen LogP contribution >= 0.6 is 22.6 Å². The van der Waals surface area contributed by atoms with Crippen LogP contribution in [-0.2, 0) is 9.22 Å². The van der Waals surface area contributed by atoms with Crippen LogP contribution in [0.25, 0.3) is 10.4 Å². The van der Waals surface area contributed by atoms with Crippen LogP contribution in [0.4, 0.5) is 5.69 Å². The molecular weight excluding hydrogens is 791 g/mol. The molecule has 0 saturated heterocycles. The first-order valence-corrected chi connectivity index (χ1v) is 21.7. The van der Waals surface area contributed by atoms with E-state index < -0.39 is 14.3 Å². The number of rotatable bonds is 23. The minimum Gasteiger partial charge on any atom is -0.481 e. The van der Waals surface area contributed by atoms with E-state index in [1.807, 2.05) is 24.3 Å². The summed E-state index contributed by atoms with van der Waals surface area (Å²) in [5, 5.41) is 18.2. The highest BCUT2D eigenvalue weighted by Gasteiger charge is 2.51. The molecule has 0 radical (unpaired) electrons. The van der Waals surface area contributed by atoms with Crippen LogP contribution in [-0.4, -0.2) is 37.9 Å². The summed E-state index contributed by atoms with van der Waals surface area (Å²) in [6, 6.07) is 26.3. The molecule has 0 aromatic heterocycles. The summed E-state index contributed by atoms with van der Waals surface area (Å²) in [5.74, 6) is -0.994. The smallest absolute Gasteiger partial charge is 0.303 e. The number of benzene rings is 3. The molecule has 282 valence electrons. The van der Waals surface area contributed by atoms with Crippen molar-refractivity contribution in [3.8, 4) is 0 Å². The van der Waals surface area contributed by atoms with Gasteiger partial charge in [0.15, 0.2) is 0 Å². The summed E-state index contributed by atoms with van der Waals surface area (Å²) in [7, 11) is -2.78. The van der Waals surface area contributed by atoms with Gasteiger partial charge in [0.05, 0.1) is 11.8 Å². The van der Waals surface area contributed by atoms with Crippen LogP contribution in [0.15, 0.2) is 120 Å². The molecule has 10 heteroatoms. The van der Waals surface area contributed by atoms with Crippen molar-refractivity contribution >= 4 is 58.8 Å². The monoisotopic (exact) mass is 846 g/mol. The summed E-state index contributed by atoms with van der Waals surface area (Å²) in [6.45, 7) is 7.37. The van der Waals surface area contributed by atoms with E-state index in [4.69, 9.17) is 9.96 Å². The van der Waals surface area contributed by atoms with Crippen molar-refractivity contribution in [1.29, 1.82) is 0 Å². The highest BCUT2D eigenvalue weighted by Crippen LogP contribution is 2.38. The molecule has 1 atom stereocenters. The maximum absolute atomic E-state index is 12.5. The fourth-order valence-corrected chi connectivity index (χ4v) is 11.6. The highest BCUT2D eigenvalue weighted by atomic mass is 127. The molecule has 0 fully saturated rings. The van der Waals surface area contributed by atoms with Crippen LogP contribution in [0.3, 0.4) is 0 Å². The van der Waals surface area contributed by atoms with Crippen LogP contribution in [0.2, 0.25) is 5.04 Å². The first-order chi connectivity index (χ1) is 25.6. The van der Waals surface area contributed by atoms with Gasteiger partial charge < -0.3 is 14.8 Å². The minimum absolute atomic E-state index is 0.117. The number of carbonyl (C=O) groups is 2. The zero-order chi connectivity index (χ0) is 38.4. The van der Waals surface area contributed by atoms with Gasteiger partial charge in [-0.3, -0.25) is 9.59 Å². The Kier molecular flexibility index (Phi) is 19.4. The third-order valence-corrected chi connectivity index (χ3v) is 14.8. The molecule has 1 amide bonds. The Morgan fingerprint density at radius 2 is 1.53 bits per heavy atom. The Bertz CT molecular complexity index is 1660. The molecule has 0 heterocycles. The number of azide groups is 1. The molecule has 0 saturated carbocycles. The van der Waals surface area contributed by atoms with Gasteiger partial charge in [-0.05, 0) is 94.2 Å². The molecule has 0 aliphatic rings. The molecule has 0 aliphatic heterocycles. The van der Waals surface area contributed by atoms with E-state index in [0.717, 1.165) is 42.1 Å². The second-order valence-corrected chi connectivity index (χ2v) is 19.6. The molecule has 3 rings (SSSR count). The summed E-state index contributed by atoms with van der Waals surface area (Å²) < 4.78 is 8.21. The largest absolute Gasteiger partial charge is 0.481 e. The van der Waals surface area contributed by atoms with Gasteiger partial charge in [-0.2, -0.15) is 0 Å². The first-order valence-electron chi connectivity index (χ1n) is 18.7. The molecule has 0 unspecified atom stereocenters. The fraction of sp³-hybridized carbons (Fsp3) is 0.395. The normalized spacial score (nSPS) is 12.7. The van der Waals surface area contributed by atoms with Crippen molar-refractivity contribution < 1.29 is 19.1 Å². The van der Waals surface area contributed by atoms with E-state index in [2.05, 4.69) is 138 Å². The van der Waals surface area contributed by atoms with Crippen molar-refractivity contribution in [2.45, 2.75) is 103 Å². The van der Waals surface area contributed by atoms with Gasteiger partial charge in [-0.15, -0.1) is 0 Å². The SMILES string of the molecule is CC(C)(C)[Si](O[C@H](/C=C/C=C\C/C=C\CCCCCCCCNC(=O)c1cc(I)ccc1N=[N+]=[N-])CCCC(=O)O)(c1ccccc1)c1ccccc1. The minimum atomic E-state index is -2.78. The molecule has 8 nitrogen and oxygen atoms in total. The Labute approximate surface area is 330 Å². The van der Waals surface area contributed by atoms with Crippen molar-refractivity contribution in [3.63, 3.8) is 0 Å². The number of unbranched alkanes of at least 4 members (excludes halogenated alkanes) is 6. The zero-order valence-corrected chi connectivity index (χ0v) is 34.6. The Morgan fingerprint density at radius 1 is 0.887 bits per heavy atom. The number of aliphatic carboxylic acids is 1. The van der Waals surface area contributed by atoms with Crippen LogP contribution in [0.5, 0.6) is 0 Å². The first kappa shape index (κ1) is 43.4. The van der Waals surface area contributed by atoms with Crippen LogP contribution in [0, 0.1) is 3.57 Å². The Morgan fingerprint density at radius 3 is 2.15 bits per heavy atom. The van der Waals surface area contributed by atoms with E-state index in [1.54, 1.807) is 12.1 Å². The predicted octanol–water partition coefficient (Wildman–Crippen LogP) is 11.0. The van der Waals surface area contributed by atoms with Crippen LogP contribution < -0.4 is 15.7 Å². The number of halogens is 1. The third kappa shape index (κ3) is 14.8. The van der Waals surface area contributed by atoms with Crippen LogP contribution in [0.1, 0.15) is 102 Å². The van der Waals surface area contributed by atoms with Gasteiger partial charge in [0.2, 0.25) is 0 Å². The Balaban J connectivity index is 1.43. The number of carboxylic acids is 1. The summed E-state index contributed by atoms with van der Waals surface area (Å²) >= 11 is 2.14. The van der Waals surface area contributed by atoms with Gasteiger partial charge >= 0.3 is 5.97 Å². The lowest BCUT2D eigenvalue weighted by atomic mass is 10.1. The molecule has 3 aromatic carbocycles. The number of carboxylic acid groups (broad SMARTS) is 1. The lowest BCUT2D eigenvalue weighted by Gasteiger charge is -2.44. The lowest BCUT2D eigenvalue weighted by Crippen LogP contribution is -2.67. The van der Waals surface area contributed by atoms with Crippen molar-refractivity contribution in [2.24, 2.45) is 5.11 Å². The van der Waals surface area contributed by atoms with Gasteiger partial charge in [-0.1, -0.05) is 155 Å². The van der Waals surface area contributed by atoms with Gasteiger partial charge in [0.1, 0.15) is 0 Å². The molecule has 0 spiro atoms. The number of hydrogen-bond acceptors (Lipinski definition) is 4. The number of nitrogens with zero attached hydrogens (tertiary/aromatic N) is 3. The maximum atomic E-state index is 12.5. The second-order valence-electron chi connectivity index (χ2n) is 14.1. The number of allylic oxidation sites excluding steroid dienone is 5. The number of amides is 1. The lowest BCUT2D eigenvalue weighted by molar-refractivity contribution is -0.137. The molecule has 0 aliphatic carbocycles. The summed E-state index contributed by atoms with van der Waals surface area (Å²) in [4.78, 5) is 26.7. The van der Waals surface area contributed by atoms with E-state index in [1.165, 1.54) is 23.2 Å².